The van der Waals surface area contributed by atoms with Gasteiger partial charge in [0.1, 0.15) is 11.5 Å². The lowest BCUT2D eigenvalue weighted by molar-refractivity contribution is 0.319. The van der Waals surface area contributed by atoms with Crippen LogP contribution in [-0.2, 0) is 0 Å². The number of aromatic nitrogens is 1. The van der Waals surface area contributed by atoms with Gasteiger partial charge in [-0.1, -0.05) is 35.5 Å². The summed E-state index contributed by atoms with van der Waals surface area (Å²) >= 11 is 0. The topological polar surface area (TPSA) is 57.6 Å². The smallest absolute Gasteiger partial charge is 0.133 e. The summed E-state index contributed by atoms with van der Waals surface area (Å²) in [5, 5.41) is 13.7. The van der Waals surface area contributed by atoms with Crippen LogP contribution in [0.15, 0.2) is 59.8 Å². The number of methoxy groups -OCH3 is 1. The molecule has 100 valence electrons. The van der Waals surface area contributed by atoms with E-state index in [0.717, 1.165) is 27.9 Å². The molecule has 1 heterocycles. The minimum Gasteiger partial charge on any atom is -0.497 e. The zero-order chi connectivity index (χ0) is 13.9. The van der Waals surface area contributed by atoms with Gasteiger partial charge in [0.2, 0.25) is 0 Å². The fourth-order valence-corrected chi connectivity index (χ4v) is 2.23. The van der Waals surface area contributed by atoms with Crippen LogP contribution in [0.4, 0.5) is 0 Å². The minimum atomic E-state index is 0.515. The van der Waals surface area contributed by atoms with E-state index in [0.29, 0.717) is 5.71 Å². The van der Waals surface area contributed by atoms with Crippen molar-refractivity contribution in [1.29, 1.82) is 0 Å². The molecular formula is C16H14N2O2. The molecule has 4 heteroatoms. The lowest BCUT2D eigenvalue weighted by Gasteiger charge is -2.01. The average molecular weight is 266 g/mol. The summed E-state index contributed by atoms with van der Waals surface area (Å²) in [6, 6.07) is 17.3. The SMILES string of the molecule is COc1ccc2[nH]c(C(=NO)c3ccccc3)cc2c1. The molecule has 2 aromatic carbocycles. The molecule has 4 nitrogen and oxygen atoms in total. The Morgan fingerprint density at radius 1 is 1.10 bits per heavy atom. The van der Waals surface area contributed by atoms with Gasteiger partial charge in [0.05, 0.1) is 12.8 Å². The maximum Gasteiger partial charge on any atom is 0.133 e. The third-order valence-corrected chi connectivity index (χ3v) is 3.23. The highest BCUT2D eigenvalue weighted by atomic mass is 16.5. The maximum absolute atomic E-state index is 9.30. The van der Waals surface area contributed by atoms with E-state index < -0.39 is 0 Å². The van der Waals surface area contributed by atoms with Gasteiger partial charge in [-0.25, -0.2) is 0 Å². The number of oxime groups is 1. The minimum absolute atomic E-state index is 0.515. The van der Waals surface area contributed by atoms with Gasteiger partial charge in [-0.05, 0) is 24.3 Å². The van der Waals surface area contributed by atoms with Gasteiger partial charge in [-0.3, -0.25) is 0 Å². The molecule has 0 spiro atoms. The summed E-state index contributed by atoms with van der Waals surface area (Å²) in [6.07, 6.45) is 0. The molecule has 0 atom stereocenters. The lowest BCUT2D eigenvalue weighted by Crippen LogP contribution is -2.03. The normalized spacial score (nSPS) is 11.8. The summed E-state index contributed by atoms with van der Waals surface area (Å²) in [6.45, 7) is 0. The van der Waals surface area contributed by atoms with Crippen LogP contribution in [0.2, 0.25) is 0 Å². The van der Waals surface area contributed by atoms with E-state index in [1.165, 1.54) is 0 Å². The van der Waals surface area contributed by atoms with E-state index in [9.17, 15) is 5.21 Å². The molecule has 3 aromatic rings. The van der Waals surface area contributed by atoms with Gasteiger partial charge >= 0.3 is 0 Å². The van der Waals surface area contributed by atoms with Crippen LogP contribution in [-0.4, -0.2) is 23.0 Å². The quantitative estimate of drug-likeness (QED) is 0.433. The van der Waals surface area contributed by atoms with Crippen LogP contribution in [0.3, 0.4) is 0 Å². The molecule has 0 bridgehead atoms. The zero-order valence-electron chi connectivity index (χ0n) is 11.0. The fraction of sp³-hybridized carbons (Fsp3) is 0.0625. The fourth-order valence-electron chi connectivity index (χ4n) is 2.23. The van der Waals surface area contributed by atoms with Gasteiger partial charge in [-0.2, -0.15) is 0 Å². The molecule has 0 radical (unpaired) electrons. The van der Waals surface area contributed by atoms with Crippen molar-refractivity contribution in [2.75, 3.05) is 7.11 Å². The number of ether oxygens (including phenoxy) is 1. The predicted octanol–water partition coefficient (Wildman–Crippen LogP) is 3.40. The van der Waals surface area contributed by atoms with E-state index in [-0.39, 0.29) is 0 Å². The van der Waals surface area contributed by atoms with E-state index in [1.54, 1.807) is 7.11 Å². The zero-order valence-corrected chi connectivity index (χ0v) is 11.0. The number of H-pyrrole nitrogens is 1. The number of fused-ring (bicyclic) bond motifs is 1. The largest absolute Gasteiger partial charge is 0.497 e. The number of rotatable bonds is 3. The van der Waals surface area contributed by atoms with Crippen molar-refractivity contribution in [3.8, 4) is 5.75 Å². The molecule has 0 aliphatic heterocycles. The Morgan fingerprint density at radius 3 is 2.60 bits per heavy atom. The first-order chi connectivity index (χ1) is 9.81. The number of aromatic amines is 1. The summed E-state index contributed by atoms with van der Waals surface area (Å²) < 4.78 is 5.21. The molecule has 2 N–H and O–H groups in total. The Labute approximate surface area is 116 Å². The molecule has 0 saturated carbocycles. The summed E-state index contributed by atoms with van der Waals surface area (Å²) in [5.41, 5.74) is 3.11. The first kappa shape index (κ1) is 12.3. The molecule has 0 saturated heterocycles. The van der Waals surface area contributed by atoms with Gasteiger partial charge in [0.25, 0.3) is 0 Å². The Balaban J connectivity index is 2.09. The van der Waals surface area contributed by atoms with Crippen LogP contribution in [0.25, 0.3) is 10.9 Å². The van der Waals surface area contributed by atoms with Crippen molar-refractivity contribution in [2.45, 2.75) is 0 Å². The van der Waals surface area contributed by atoms with Gasteiger partial charge < -0.3 is 14.9 Å². The Morgan fingerprint density at radius 2 is 1.90 bits per heavy atom. The van der Waals surface area contributed by atoms with Crippen LogP contribution >= 0.6 is 0 Å². The first-order valence-electron chi connectivity index (χ1n) is 6.26. The lowest BCUT2D eigenvalue weighted by atomic mass is 10.1. The highest BCUT2D eigenvalue weighted by molar-refractivity contribution is 6.13. The number of hydrogen-bond donors (Lipinski definition) is 2. The number of hydrogen-bond acceptors (Lipinski definition) is 3. The molecule has 20 heavy (non-hydrogen) atoms. The molecule has 0 fully saturated rings. The third-order valence-electron chi connectivity index (χ3n) is 3.23. The van der Waals surface area contributed by atoms with Gasteiger partial charge in [0, 0.05) is 16.5 Å². The first-order valence-corrected chi connectivity index (χ1v) is 6.26. The molecule has 1 aromatic heterocycles. The van der Waals surface area contributed by atoms with Crippen molar-refractivity contribution >= 4 is 16.6 Å². The summed E-state index contributed by atoms with van der Waals surface area (Å²) in [7, 11) is 1.64. The number of nitrogens with one attached hydrogen (secondary N) is 1. The van der Waals surface area contributed by atoms with Crippen LogP contribution in [0.5, 0.6) is 5.75 Å². The van der Waals surface area contributed by atoms with Gasteiger partial charge in [-0.15, -0.1) is 0 Å². The van der Waals surface area contributed by atoms with E-state index in [4.69, 9.17) is 4.74 Å². The molecular weight excluding hydrogens is 252 g/mol. The monoisotopic (exact) mass is 266 g/mol. The van der Waals surface area contributed by atoms with Crippen molar-refractivity contribution in [2.24, 2.45) is 5.16 Å². The second-order valence-corrected chi connectivity index (χ2v) is 4.45. The number of benzene rings is 2. The van der Waals surface area contributed by atoms with Crippen molar-refractivity contribution in [3.63, 3.8) is 0 Å². The molecule has 0 amide bonds. The molecule has 3 rings (SSSR count). The molecule has 0 aliphatic rings. The second-order valence-electron chi connectivity index (χ2n) is 4.45. The summed E-state index contributed by atoms with van der Waals surface area (Å²) in [5.74, 6) is 0.797. The Hall–Kier alpha value is -2.75. The van der Waals surface area contributed by atoms with Crippen molar-refractivity contribution in [3.05, 3.63) is 65.9 Å². The van der Waals surface area contributed by atoms with E-state index in [1.807, 2.05) is 54.6 Å². The molecule has 0 unspecified atom stereocenters. The molecule has 0 aliphatic carbocycles. The predicted molar refractivity (Wildman–Crippen MR) is 78.7 cm³/mol. The van der Waals surface area contributed by atoms with Gasteiger partial charge in [0.15, 0.2) is 0 Å². The highest BCUT2D eigenvalue weighted by Crippen LogP contribution is 2.23. The second kappa shape index (κ2) is 5.09. The van der Waals surface area contributed by atoms with E-state index >= 15 is 0 Å². The van der Waals surface area contributed by atoms with Crippen molar-refractivity contribution in [1.82, 2.24) is 4.98 Å². The van der Waals surface area contributed by atoms with E-state index in [2.05, 4.69) is 10.1 Å². The maximum atomic E-state index is 9.30. The Kier molecular flexibility index (Phi) is 3.13. The van der Waals surface area contributed by atoms with Crippen molar-refractivity contribution < 1.29 is 9.94 Å². The average Bonchev–Trinajstić information content (AvgIpc) is 2.91. The van der Waals surface area contributed by atoms with Crippen LogP contribution in [0.1, 0.15) is 11.3 Å². The van der Waals surface area contributed by atoms with Crippen LogP contribution in [0, 0.1) is 0 Å². The van der Waals surface area contributed by atoms with Crippen LogP contribution < -0.4 is 4.74 Å². The third kappa shape index (κ3) is 2.12. The summed E-state index contributed by atoms with van der Waals surface area (Å²) in [4.78, 5) is 3.25. The standard InChI is InChI=1S/C16H14N2O2/c1-20-13-7-8-14-12(9-13)10-15(17-14)16(18-19)11-5-3-2-4-6-11/h2-10,17,19H,1H3. The highest BCUT2D eigenvalue weighted by Gasteiger charge is 2.11. The number of nitrogens with zero attached hydrogens (tertiary/aromatic N) is 1. The Bertz CT molecular complexity index is 761.